The van der Waals surface area contributed by atoms with Crippen LogP contribution >= 0.6 is 0 Å². The van der Waals surface area contributed by atoms with E-state index in [4.69, 9.17) is 0 Å². The lowest BCUT2D eigenvalue weighted by Gasteiger charge is -2.30. The van der Waals surface area contributed by atoms with Gasteiger partial charge in [-0.3, -0.25) is 4.90 Å². The van der Waals surface area contributed by atoms with Crippen LogP contribution in [0.5, 0.6) is 0 Å². The van der Waals surface area contributed by atoms with E-state index in [0.29, 0.717) is 0 Å². The molecule has 1 saturated heterocycles. The molecule has 0 saturated carbocycles. The summed E-state index contributed by atoms with van der Waals surface area (Å²) in [5.41, 5.74) is 0. The Kier molecular flexibility index (Phi) is 3.88. The molecule has 2 heterocycles. The SMILES string of the molecule is CCCn1nnnc1CN1CCCC(C)C1. The lowest BCUT2D eigenvalue weighted by atomic mass is 10.0. The summed E-state index contributed by atoms with van der Waals surface area (Å²) in [6.07, 6.45) is 3.74. The van der Waals surface area contributed by atoms with Gasteiger partial charge >= 0.3 is 0 Å². The molecular formula is C11H21N5. The summed E-state index contributed by atoms with van der Waals surface area (Å²) >= 11 is 0. The lowest BCUT2D eigenvalue weighted by Crippen LogP contribution is -2.34. The molecule has 0 bridgehead atoms. The van der Waals surface area contributed by atoms with Crippen molar-refractivity contribution in [2.75, 3.05) is 13.1 Å². The Balaban J connectivity index is 1.94. The van der Waals surface area contributed by atoms with E-state index in [2.05, 4.69) is 34.3 Å². The van der Waals surface area contributed by atoms with Gasteiger partial charge in [0.25, 0.3) is 0 Å². The van der Waals surface area contributed by atoms with Crippen molar-refractivity contribution < 1.29 is 0 Å². The predicted octanol–water partition coefficient (Wildman–Crippen LogP) is 1.31. The Labute approximate surface area is 96.8 Å². The summed E-state index contributed by atoms with van der Waals surface area (Å²) in [4.78, 5) is 2.46. The topological polar surface area (TPSA) is 46.8 Å². The first-order valence-electron chi connectivity index (χ1n) is 6.27. The third-order valence-electron chi connectivity index (χ3n) is 3.15. The number of hydrogen-bond acceptors (Lipinski definition) is 4. The molecule has 1 unspecified atom stereocenters. The maximum Gasteiger partial charge on any atom is 0.165 e. The highest BCUT2D eigenvalue weighted by atomic mass is 15.5. The van der Waals surface area contributed by atoms with Gasteiger partial charge in [-0.25, -0.2) is 4.68 Å². The van der Waals surface area contributed by atoms with Crippen LogP contribution < -0.4 is 0 Å². The van der Waals surface area contributed by atoms with Crippen LogP contribution in [-0.2, 0) is 13.1 Å². The van der Waals surface area contributed by atoms with Crippen LogP contribution in [0.25, 0.3) is 0 Å². The minimum Gasteiger partial charge on any atom is -0.296 e. The minimum absolute atomic E-state index is 0.809. The summed E-state index contributed by atoms with van der Waals surface area (Å²) in [6, 6.07) is 0. The second-order valence-electron chi connectivity index (χ2n) is 4.80. The highest BCUT2D eigenvalue weighted by Gasteiger charge is 2.18. The third-order valence-corrected chi connectivity index (χ3v) is 3.15. The summed E-state index contributed by atoms with van der Waals surface area (Å²) in [7, 11) is 0. The molecule has 1 fully saturated rings. The Morgan fingerprint density at radius 3 is 3.06 bits per heavy atom. The molecule has 0 spiro atoms. The van der Waals surface area contributed by atoms with Crippen LogP contribution in [-0.4, -0.2) is 38.2 Å². The number of hydrogen-bond donors (Lipinski definition) is 0. The zero-order chi connectivity index (χ0) is 11.4. The molecule has 1 aliphatic heterocycles. The van der Waals surface area contributed by atoms with Crippen LogP contribution in [0.15, 0.2) is 0 Å². The van der Waals surface area contributed by atoms with Crippen LogP contribution in [0, 0.1) is 5.92 Å². The summed E-state index contributed by atoms with van der Waals surface area (Å²) < 4.78 is 1.93. The van der Waals surface area contributed by atoms with Crippen molar-refractivity contribution in [3.05, 3.63) is 5.82 Å². The molecule has 0 aliphatic carbocycles. The third kappa shape index (κ3) is 2.78. The lowest BCUT2D eigenvalue weighted by molar-refractivity contribution is 0.170. The molecule has 2 rings (SSSR count). The quantitative estimate of drug-likeness (QED) is 0.772. The van der Waals surface area contributed by atoms with Crippen molar-refractivity contribution in [1.29, 1.82) is 0 Å². The molecule has 1 aliphatic rings. The van der Waals surface area contributed by atoms with Gasteiger partial charge in [-0.05, 0) is 42.2 Å². The second kappa shape index (κ2) is 5.39. The van der Waals surface area contributed by atoms with Crippen molar-refractivity contribution in [1.82, 2.24) is 25.1 Å². The van der Waals surface area contributed by atoms with Crippen molar-refractivity contribution in [2.45, 2.75) is 46.2 Å². The average Bonchev–Trinajstić information content (AvgIpc) is 2.66. The highest BCUT2D eigenvalue weighted by molar-refractivity contribution is 4.83. The standard InChI is InChI=1S/C11H21N5/c1-3-6-16-11(12-13-14-16)9-15-7-4-5-10(2)8-15/h10H,3-9H2,1-2H3. The molecule has 1 atom stereocenters. The molecule has 5 heteroatoms. The van der Waals surface area contributed by atoms with Crippen LogP contribution in [0.1, 0.15) is 38.9 Å². The molecule has 0 amide bonds. The molecule has 0 aromatic carbocycles. The van der Waals surface area contributed by atoms with Gasteiger partial charge in [0.05, 0.1) is 6.54 Å². The molecular weight excluding hydrogens is 202 g/mol. The average molecular weight is 223 g/mol. The predicted molar refractivity (Wildman–Crippen MR) is 61.8 cm³/mol. The fourth-order valence-corrected chi connectivity index (χ4v) is 2.35. The van der Waals surface area contributed by atoms with Gasteiger partial charge in [-0.15, -0.1) is 5.10 Å². The normalized spacial score (nSPS) is 22.5. The van der Waals surface area contributed by atoms with E-state index in [1.165, 1.54) is 25.9 Å². The van der Waals surface area contributed by atoms with Crippen LogP contribution in [0.2, 0.25) is 0 Å². The van der Waals surface area contributed by atoms with E-state index in [1.54, 1.807) is 0 Å². The molecule has 1 aromatic heterocycles. The van der Waals surface area contributed by atoms with Crippen LogP contribution in [0.3, 0.4) is 0 Å². The van der Waals surface area contributed by atoms with E-state index in [-0.39, 0.29) is 0 Å². The Hall–Kier alpha value is -0.970. The number of aromatic nitrogens is 4. The number of tetrazole rings is 1. The van der Waals surface area contributed by atoms with Crippen molar-refractivity contribution >= 4 is 0 Å². The minimum atomic E-state index is 0.809. The summed E-state index contributed by atoms with van der Waals surface area (Å²) in [5.74, 6) is 1.82. The number of rotatable bonds is 4. The number of likely N-dealkylation sites (tertiary alicyclic amines) is 1. The van der Waals surface area contributed by atoms with E-state index >= 15 is 0 Å². The van der Waals surface area contributed by atoms with Crippen molar-refractivity contribution in [2.24, 2.45) is 5.92 Å². The molecule has 0 N–H and O–H groups in total. The van der Waals surface area contributed by atoms with Gasteiger partial charge in [0.2, 0.25) is 0 Å². The van der Waals surface area contributed by atoms with Gasteiger partial charge < -0.3 is 0 Å². The number of piperidine rings is 1. The maximum absolute atomic E-state index is 4.11. The Morgan fingerprint density at radius 1 is 1.44 bits per heavy atom. The van der Waals surface area contributed by atoms with Gasteiger partial charge in [-0.2, -0.15) is 0 Å². The van der Waals surface area contributed by atoms with E-state index in [0.717, 1.165) is 31.3 Å². The molecule has 1 aromatic rings. The van der Waals surface area contributed by atoms with Gasteiger partial charge in [-0.1, -0.05) is 13.8 Å². The Morgan fingerprint density at radius 2 is 2.31 bits per heavy atom. The van der Waals surface area contributed by atoms with Gasteiger partial charge in [0, 0.05) is 13.1 Å². The first-order chi connectivity index (χ1) is 7.79. The van der Waals surface area contributed by atoms with E-state index < -0.39 is 0 Å². The first-order valence-corrected chi connectivity index (χ1v) is 6.27. The summed E-state index contributed by atoms with van der Waals surface area (Å²) in [5, 5.41) is 11.9. The maximum atomic E-state index is 4.11. The summed E-state index contributed by atoms with van der Waals surface area (Å²) in [6.45, 7) is 8.65. The Bertz CT molecular complexity index is 322. The smallest absolute Gasteiger partial charge is 0.165 e. The second-order valence-corrected chi connectivity index (χ2v) is 4.80. The van der Waals surface area contributed by atoms with Crippen molar-refractivity contribution in [3.63, 3.8) is 0 Å². The molecule has 16 heavy (non-hydrogen) atoms. The zero-order valence-electron chi connectivity index (χ0n) is 10.3. The van der Waals surface area contributed by atoms with Gasteiger partial charge in [0.1, 0.15) is 0 Å². The van der Waals surface area contributed by atoms with Gasteiger partial charge in [0.15, 0.2) is 5.82 Å². The first kappa shape index (κ1) is 11.5. The van der Waals surface area contributed by atoms with Crippen molar-refractivity contribution in [3.8, 4) is 0 Å². The number of nitrogens with zero attached hydrogens (tertiary/aromatic N) is 5. The van der Waals surface area contributed by atoms with E-state index in [1.807, 2.05) is 4.68 Å². The molecule has 0 radical (unpaired) electrons. The molecule has 90 valence electrons. The van der Waals surface area contributed by atoms with E-state index in [9.17, 15) is 0 Å². The molecule has 5 nitrogen and oxygen atoms in total. The largest absolute Gasteiger partial charge is 0.296 e. The zero-order valence-corrected chi connectivity index (χ0v) is 10.3. The fraction of sp³-hybridized carbons (Fsp3) is 0.909. The number of aryl methyl sites for hydroxylation is 1. The van der Waals surface area contributed by atoms with Crippen LogP contribution in [0.4, 0.5) is 0 Å². The fourth-order valence-electron chi connectivity index (χ4n) is 2.35. The monoisotopic (exact) mass is 223 g/mol. The highest BCUT2D eigenvalue weighted by Crippen LogP contribution is 2.16.